The standard InChI is InChI=1S/C22H30ClN3O/c1-27-21(8-5-13-24)25-14-16-26(17-15-25)22(18-6-3-2-4-7-18)19-9-11-20(23)12-10-19/h2-4,6-7,9-12,21-22H,5,8,13-17,24H2,1H3. The van der Waals surface area contributed by atoms with Crippen LogP contribution in [0, 0.1) is 0 Å². The van der Waals surface area contributed by atoms with Crippen molar-refractivity contribution in [3.05, 3.63) is 70.7 Å². The summed E-state index contributed by atoms with van der Waals surface area (Å²) in [6.45, 7) is 4.72. The molecule has 3 rings (SSSR count). The number of nitrogens with zero attached hydrogens (tertiary/aromatic N) is 2. The summed E-state index contributed by atoms with van der Waals surface area (Å²) in [7, 11) is 1.80. The van der Waals surface area contributed by atoms with Crippen LogP contribution >= 0.6 is 11.6 Å². The topological polar surface area (TPSA) is 41.7 Å². The van der Waals surface area contributed by atoms with Gasteiger partial charge in [-0.2, -0.15) is 0 Å². The van der Waals surface area contributed by atoms with Gasteiger partial charge in [0.05, 0.1) is 6.04 Å². The fraction of sp³-hybridized carbons (Fsp3) is 0.455. The third kappa shape index (κ3) is 5.31. The zero-order valence-corrected chi connectivity index (χ0v) is 16.8. The van der Waals surface area contributed by atoms with Gasteiger partial charge in [-0.15, -0.1) is 0 Å². The minimum absolute atomic E-state index is 0.168. The second kappa shape index (κ2) is 10.2. The van der Waals surface area contributed by atoms with E-state index in [0.717, 1.165) is 44.0 Å². The van der Waals surface area contributed by atoms with E-state index in [1.165, 1.54) is 11.1 Å². The molecule has 0 spiro atoms. The van der Waals surface area contributed by atoms with Crippen LogP contribution in [0.3, 0.4) is 0 Å². The van der Waals surface area contributed by atoms with Gasteiger partial charge in [0.15, 0.2) is 0 Å². The van der Waals surface area contributed by atoms with E-state index in [-0.39, 0.29) is 12.3 Å². The van der Waals surface area contributed by atoms with E-state index in [9.17, 15) is 0 Å². The van der Waals surface area contributed by atoms with Crippen LogP contribution in [0.5, 0.6) is 0 Å². The van der Waals surface area contributed by atoms with Gasteiger partial charge in [-0.1, -0.05) is 54.1 Å². The van der Waals surface area contributed by atoms with Gasteiger partial charge in [0.25, 0.3) is 0 Å². The highest BCUT2D eigenvalue weighted by Gasteiger charge is 2.29. The predicted molar refractivity (Wildman–Crippen MR) is 112 cm³/mol. The van der Waals surface area contributed by atoms with Gasteiger partial charge in [0.1, 0.15) is 6.23 Å². The van der Waals surface area contributed by atoms with E-state index in [4.69, 9.17) is 22.1 Å². The lowest BCUT2D eigenvalue weighted by molar-refractivity contribution is -0.0614. The average Bonchev–Trinajstić information content (AvgIpc) is 2.72. The van der Waals surface area contributed by atoms with Crippen molar-refractivity contribution in [2.45, 2.75) is 25.1 Å². The molecule has 0 radical (unpaired) electrons. The average molecular weight is 388 g/mol. The van der Waals surface area contributed by atoms with Gasteiger partial charge in [0.2, 0.25) is 0 Å². The number of ether oxygens (including phenoxy) is 1. The third-order valence-electron chi connectivity index (χ3n) is 5.35. The highest BCUT2D eigenvalue weighted by molar-refractivity contribution is 6.30. The molecule has 2 atom stereocenters. The van der Waals surface area contributed by atoms with Crippen LogP contribution in [0.25, 0.3) is 0 Å². The summed E-state index contributed by atoms with van der Waals surface area (Å²) >= 11 is 6.12. The van der Waals surface area contributed by atoms with Crippen molar-refractivity contribution in [1.29, 1.82) is 0 Å². The fourth-order valence-corrected chi connectivity index (χ4v) is 4.05. The summed E-state index contributed by atoms with van der Waals surface area (Å²) in [6.07, 6.45) is 2.16. The Morgan fingerprint density at radius 3 is 2.11 bits per heavy atom. The second-order valence-corrected chi connectivity index (χ2v) is 7.49. The van der Waals surface area contributed by atoms with E-state index < -0.39 is 0 Å². The summed E-state index contributed by atoms with van der Waals surface area (Å²) in [5.74, 6) is 0. The number of piperazine rings is 1. The summed E-state index contributed by atoms with van der Waals surface area (Å²) in [6, 6.07) is 19.2. The summed E-state index contributed by atoms with van der Waals surface area (Å²) in [5.41, 5.74) is 8.27. The molecule has 1 fully saturated rings. The van der Waals surface area contributed by atoms with Crippen LogP contribution in [0.15, 0.2) is 54.6 Å². The number of benzene rings is 2. The Balaban J connectivity index is 1.74. The Kier molecular flexibility index (Phi) is 7.68. The smallest absolute Gasteiger partial charge is 0.110 e. The first kappa shape index (κ1) is 20.3. The summed E-state index contributed by atoms with van der Waals surface area (Å²) in [5, 5.41) is 0.776. The molecular weight excluding hydrogens is 358 g/mol. The Morgan fingerprint density at radius 2 is 1.52 bits per heavy atom. The summed E-state index contributed by atoms with van der Waals surface area (Å²) in [4.78, 5) is 5.00. The first-order chi connectivity index (χ1) is 13.2. The number of hydrogen-bond acceptors (Lipinski definition) is 4. The molecule has 0 amide bonds. The fourth-order valence-electron chi connectivity index (χ4n) is 3.92. The molecule has 4 nitrogen and oxygen atoms in total. The van der Waals surface area contributed by atoms with Crippen LogP contribution in [-0.4, -0.2) is 55.9 Å². The van der Waals surface area contributed by atoms with Gasteiger partial charge < -0.3 is 10.5 Å². The molecule has 146 valence electrons. The SMILES string of the molecule is COC(CCCN)N1CCN(C(c2ccccc2)c2ccc(Cl)cc2)CC1. The summed E-state index contributed by atoms with van der Waals surface area (Å²) < 4.78 is 5.71. The highest BCUT2D eigenvalue weighted by Crippen LogP contribution is 2.30. The molecule has 0 aromatic heterocycles. The van der Waals surface area contributed by atoms with Crippen LogP contribution in [0.2, 0.25) is 5.02 Å². The molecule has 2 aromatic rings. The van der Waals surface area contributed by atoms with Crippen molar-refractivity contribution in [1.82, 2.24) is 9.80 Å². The van der Waals surface area contributed by atoms with Crippen LogP contribution in [0.1, 0.15) is 30.0 Å². The highest BCUT2D eigenvalue weighted by atomic mass is 35.5. The largest absolute Gasteiger partial charge is 0.366 e. The van der Waals surface area contributed by atoms with Gasteiger partial charge in [-0.3, -0.25) is 9.80 Å². The Hall–Kier alpha value is -1.43. The van der Waals surface area contributed by atoms with Crippen LogP contribution in [0.4, 0.5) is 0 Å². The molecule has 2 N–H and O–H groups in total. The molecule has 0 saturated carbocycles. The molecule has 0 aliphatic carbocycles. The van der Waals surface area contributed by atoms with Crippen molar-refractivity contribution >= 4 is 11.6 Å². The first-order valence-electron chi connectivity index (χ1n) is 9.74. The molecular formula is C22H30ClN3O. The van der Waals surface area contributed by atoms with Crippen molar-refractivity contribution in [2.24, 2.45) is 5.73 Å². The number of halogens is 1. The zero-order chi connectivity index (χ0) is 19.1. The lowest BCUT2D eigenvalue weighted by Gasteiger charge is -2.42. The Morgan fingerprint density at radius 1 is 0.926 bits per heavy atom. The zero-order valence-electron chi connectivity index (χ0n) is 16.1. The van der Waals surface area contributed by atoms with E-state index in [0.29, 0.717) is 6.54 Å². The van der Waals surface area contributed by atoms with Gasteiger partial charge in [-0.05, 0) is 42.6 Å². The van der Waals surface area contributed by atoms with E-state index >= 15 is 0 Å². The molecule has 1 aliphatic heterocycles. The molecule has 2 unspecified atom stereocenters. The molecule has 1 aliphatic rings. The second-order valence-electron chi connectivity index (χ2n) is 7.06. The van der Waals surface area contributed by atoms with E-state index in [2.05, 4.69) is 52.3 Å². The number of methoxy groups -OCH3 is 1. The quantitative estimate of drug-likeness (QED) is 0.748. The Bertz CT molecular complexity index is 672. The molecule has 5 heteroatoms. The lowest BCUT2D eigenvalue weighted by Crippen LogP contribution is -2.51. The van der Waals surface area contributed by atoms with Gasteiger partial charge in [0, 0.05) is 38.3 Å². The van der Waals surface area contributed by atoms with Gasteiger partial charge >= 0.3 is 0 Å². The monoisotopic (exact) mass is 387 g/mol. The predicted octanol–water partition coefficient (Wildman–Crippen LogP) is 3.76. The maximum absolute atomic E-state index is 6.12. The van der Waals surface area contributed by atoms with Gasteiger partial charge in [-0.25, -0.2) is 0 Å². The van der Waals surface area contributed by atoms with Crippen molar-refractivity contribution in [3.8, 4) is 0 Å². The third-order valence-corrected chi connectivity index (χ3v) is 5.60. The molecule has 1 heterocycles. The first-order valence-corrected chi connectivity index (χ1v) is 10.1. The van der Waals surface area contributed by atoms with Crippen LogP contribution < -0.4 is 5.73 Å². The molecule has 1 saturated heterocycles. The number of rotatable bonds is 8. The van der Waals surface area contributed by atoms with Crippen molar-refractivity contribution < 1.29 is 4.74 Å². The van der Waals surface area contributed by atoms with Crippen molar-refractivity contribution in [3.63, 3.8) is 0 Å². The molecule has 2 aromatic carbocycles. The van der Waals surface area contributed by atoms with Crippen LogP contribution in [-0.2, 0) is 4.74 Å². The van der Waals surface area contributed by atoms with E-state index in [1.807, 2.05) is 12.1 Å². The normalized spacial score (nSPS) is 18.3. The van der Waals surface area contributed by atoms with Crippen molar-refractivity contribution in [2.75, 3.05) is 39.8 Å². The Labute approximate surface area is 167 Å². The molecule has 27 heavy (non-hydrogen) atoms. The molecule has 0 bridgehead atoms. The number of nitrogens with two attached hydrogens (primary N) is 1. The maximum atomic E-state index is 6.12. The minimum Gasteiger partial charge on any atom is -0.366 e. The number of hydrogen-bond donors (Lipinski definition) is 1. The minimum atomic E-state index is 0.168. The lowest BCUT2D eigenvalue weighted by atomic mass is 9.96. The van der Waals surface area contributed by atoms with E-state index in [1.54, 1.807) is 7.11 Å². The maximum Gasteiger partial charge on any atom is 0.110 e.